The van der Waals surface area contributed by atoms with Gasteiger partial charge in [-0.25, -0.2) is 0 Å². The molecule has 4 rings (SSSR count). The molecule has 0 aromatic heterocycles. The number of carbonyl (C=O) groups excluding carboxylic acids is 2. The van der Waals surface area contributed by atoms with E-state index in [1.54, 1.807) is 12.2 Å². The van der Waals surface area contributed by atoms with Crippen LogP contribution in [0.1, 0.15) is 0 Å². The molecule has 0 spiro atoms. The molecular formula is C15H11N3O8. The zero-order chi connectivity index (χ0) is 18.6. The number of ether oxygens (including phenoxy) is 2. The van der Waals surface area contributed by atoms with E-state index in [4.69, 9.17) is 4.74 Å². The van der Waals surface area contributed by atoms with Crippen LogP contribution in [0.3, 0.4) is 0 Å². The van der Waals surface area contributed by atoms with Crippen LogP contribution in [0.2, 0.25) is 0 Å². The van der Waals surface area contributed by atoms with Crippen LogP contribution >= 0.6 is 0 Å². The Morgan fingerprint density at radius 1 is 1.15 bits per heavy atom. The number of anilines is 1. The number of rotatable bonds is 5. The standard InChI is InChI=1S/C15H11N3O8/c19-13-11-10-3-4-15(26-10,12(11)14(20)25-13)6-16-8-2-1-7(17(21)22)5-9(8)18(23)24/h1-5,10-12,16H,6H2. The Bertz CT molecular complexity index is 897. The number of esters is 2. The number of hydrogen-bond acceptors (Lipinski definition) is 9. The Balaban J connectivity index is 1.61. The summed E-state index contributed by atoms with van der Waals surface area (Å²) in [7, 11) is 0. The molecule has 4 unspecified atom stereocenters. The Kier molecular flexibility index (Phi) is 3.31. The molecule has 4 atom stereocenters. The predicted octanol–water partition coefficient (Wildman–Crippen LogP) is 0.938. The molecule has 2 saturated heterocycles. The number of non-ortho nitro benzene ring substituents is 1. The lowest BCUT2D eigenvalue weighted by molar-refractivity contribution is -0.393. The van der Waals surface area contributed by atoms with E-state index in [2.05, 4.69) is 10.1 Å². The second-order valence-electron chi connectivity index (χ2n) is 6.21. The number of nitrogens with one attached hydrogen (secondary N) is 1. The van der Waals surface area contributed by atoms with Crippen LogP contribution < -0.4 is 5.32 Å². The molecule has 11 nitrogen and oxygen atoms in total. The number of cyclic esters (lactones) is 2. The number of benzene rings is 1. The molecule has 1 N–H and O–H groups in total. The average molecular weight is 361 g/mol. The molecule has 26 heavy (non-hydrogen) atoms. The van der Waals surface area contributed by atoms with Crippen molar-refractivity contribution in [3.63, 3.8) is 0 Å². The first-order valence-corrected chi connectivity index (χ1v) is 7.62. The molecule has 2 bridgehead atoms. The van der Waals surface area contributed by atoms with Crippen molar-refractivity contribution in [3.05, 3.63) is 50.6 Å². The second-order valence-corrected chi connectivity index (χ2v) is 6.21. The van der Waals surface area contributed by atoms with Gasteiger partial charge in [0.15, 0.2) is 0 Å². The van der Waals surface area contributed by atoms with Crippen molar-refractivity contribution in [1.29, 1.82) is 0 Å². The number of carbonyl (C=O) groups is 2. The van der Waals surface area contributed by atoms with E-state index in [0.717, 1.165) is 12.1 Å². The number of nitro benzene ring substituents is 2. The first-order valence-electron chi connectivity index (χ1n) is 7.62. The minimum Gasteiger partial charge on any atom is -0.393 e. The highest BCUT2D eigenvalue weighted by Gasteiger charge is 2.66. The van der Waals surface area contributed by atoms with Crippen LogP contribution in [0.5, 0.6) is 0 Å². The Morgan fingerprint density at radius 2 is 1.92 bits per heavy atom. The minimum atomic E-state index is -1.16. The Labute approximate surface area is 144 Å². The maximum Gasteiger partial charge on any atom is 0.320 e. The van der Waals surface area contributed by atoms with Crippen molar-refractivity contribution >= 4 is 29.0 Å². The third-order valence-electron chi connectivity index (χ3n) is 4.83. The van der Waals surface area contributed by atoms with Gasteiger partial charge in [-0.1, -0.05) is 12.2 Å². The fraction of sp³-hybridized carbons (Fsp3) is 0.333. The molecule has 0 saturated carbocycles. The van der Waals surface area contributed by atoms with Crippen molar-refractivity contribution in [2.45, 2.75) is 11.7 Å². The first-order chi connectivity index (χ1) is 12.3. The molecule has 3 aliphatic rings. The molecular weight excluding hydrogens is 350 g/mol. The summed E-state index contributed by atoms with van der Waals surface area (Å²) in [5.41, 5.74) is -2.01. The van der Waals surface area contributed by atoms with Crippen LogP contribution in [0.4, 0.5) is 17.1 Å². The minimum absolute atomic E-state index is 0.0385. The van der Waals surface area contributed by atoms with Crippen LogP contribution in [-0.2, 0) is 19.1 Å². The topological polar surface area (TPSA) is 151 Å². The van der Waals surface area contributed by atoms with Crippen LogP contribution in [0.25, 0.3) is 0 Å². The molecule has 3 heterocycles. The Hall–Kier alpha value is -3.34. The number of nitrogens with zero attached hydrogens (tertiary/aromatic N) is 2. The summed E-state index contributed by atoms with van der Waals surface area (Å²) in [6.07, 6.45) is 2.73. The maximum atomic E-state index is 12.0. The van der Waals surface area contributed by atoms with Crippen LogP contribution in [-0.4, -0.2) is 40.0 Å². The van der Waals surface area contributed by atoms with Crippen molar-refractivity contribution in [1.82, 2.24) is 0 Å². The average Bonchev–Trinajstić information content (AvgIpc) is 3.24. The number of nitro groups is 2. The summed E-state index contributed by atoms with van der Waals surface area (Å²) in [6, 6.07) is 3.19. The molecule has 11 heteroatoms. The highest BCUT2D eigenvalue weighted by Crippen LogP contribution is 2.51. The van der Waals surface area contributed by atoms with Crippen molar-refractivity contribution in [2.24, 2.45) is 11.8 Å². The fourth-order valence-corrected chi connectivity index (χ4v) is 3.68. The van der Waals surface area contributed by atoms with Crippen molar-refractivity contribution in [2.75, 3.05) is 11.9 Å². The molecule has 3 aliphatic heterocycles. The van der Waals surface area contributed by atoms with Gasteiger partial charge in [0.1, 0.15) is 23.1 Å². The number of hydrogen-bond donors (Lipinski definition) is 1. The highest BCUT2D eigenvalue weighted by atomic mass is 16.6. The molecule has 1 aromatic rings. The van der Waals surface area contributed by atoms with Gasteiger partial charge in [0, 0.05) is 12.6 Å². The predicted molar refractivity (Wildman–Crippen MR) is 83.1 cm³/mol. The third kappa shape index (κ3) is 2.17. The summed E-state index contributed by atoms with van der Waals surface area (Å²) in [4.78, 5) is 44.3. The smallest absolute Gasteiger partial charge is 0.320 e. The summed E-state index contributed by atoms with van der Waals surface area (Å²) in [6.45, 7) is -0.0395. The first kappa shape index (κ1) is 16.1. The summed E-state index contributed by atoms with van der Waals surface area (Å²) < 4.78 is 10.5. The second kappa shape index (κ2) is 5.33. The molecule has 0 radical (unpaired) electrons. The number of fused-ring (bicyclic) bond motifs is 5. The molecule has 0 aliphatic carbocycles. The zero-order valence-corrected chi connectivity index (χ0v) is 13.0. The summed E-state index contributed by atoms with van der Waals surface area (Å²) >= 11 is 0. The molecule has 2 fully saturated rings. The largest absolute Gasteiger partial charge is 0.393 e. The van der Waals surface area contributed by atoms with Gasteiger partial charge >= 0.3 is 11.9 Å². The third-order valence-corrected chi connectivity index (χ3v) is 4.83. The van der Waals surface area contributed by atoms with Gasteiger partial charge in [-0.2, -0.15) is 0 Å². The van der Waals surface area contributed by atoms with Gasteiger partial charge in [0.25, 0.3) is 11.4 Å². The van der Waals surface area contributed by atoms with E-state index in [1.165, 1.54) is 6.07 Å². The van der Waals surface area contributed by atoms with Crippen molar-refractivity contribution in [3.8, 4) is 0 Å². The maximum absolute atomic E-state index is 12.0. The zero-order valence-electron chi connectivity index (χ0n) is 13.0. The van der Waals surface area contributed by atoms with E-state index in [9.17, 15) is 29.8 Å². The van der Waals surface area contributed by atoms with Crippen LogP contribution in [0.15, 0.2) is 30.4 Å². The van der Waals surface area contributed by atoms with E-state index >= 15 is 0 Å². The fourth-order valence-electron chi connectivity index (χ4n) is 3.68. The van der Waals surface area contributed by atoms with Gasteiger partial charge in [-0.3, -0.25) is 29.8 Å². The van der Waals surface area contributed by atoms with E-state index in [1.807, 2.05) is 0 Å². The lowest BCUT2D eigenvalue weighted by Gasteiger charge is -2.27. The SMILES string of the molecule is O=C1OC(=O)C2C1C1C=CC2(CNc2ccc([N+](=O)[O-])cc2[N+](=O)[O-])O1. The molecule has 134 valence electrons. The van der Waals surface area contributed by atoms with Gasteiger partial charge in [-0.15, -0.1) is 0 Å². The van der Waals surface area contributed by atoms with Crippen LogP contribution in [0, 0.1) is 32.1 Å². The van der Waals surface area contributed by atoms with E-state index < -0.39 is 56.7 Å². The van der Waals surface area contributed by atoms with E-state index in [0.29, 0.717) is 0 Å². The van der Waals surface area contributed by atoms with Crippen molar-refractivity contribution < 1.29 is 28.9 Å². The molecule has 1 aromatic carbocycles. The monoisotopic (exact) mass is 361 g/mol. The lowest BCUT2D eigenvalue weighted by atomic mass is 9.77. The van der Waals surface area contributed by atoms with Gasteiger partial charge in [0.2, 0.25) is 0 Å². The van der Waals surface area contributed by atoms with Gasteiger partial charge in [-0.05, 0) is 6.07 Å². The molecule has 0 amide bonds. The van der Waals surface area contributed by atoms with E-state index in [-0.39, 0.29) is 12.2 Å². The summed E-state index contributed by atoms with van der Waals surface area (Å²) in [5, 5.41) is 24.8. The summed E-state index contributed by atoms with van der Waals surface area (Å²) in [5.74, 6) is -2.87. The Morgan fingerprint density at radius 3 is 2.62 bits per heavy atom. The highest BCUT2D eigenvalue weighted by molar-refractivity contribution is 5.99. The lowest BCUT2D eigenvalue weighted by Crippen LogP contribution is -2.43. The quantitative estimate of drug-likeness (QED) is 0.265. The normalized spacial score (nSPS) is 31.0. The van der Waals surface area contributed by atoms with Gasteiger partial charge in [0.05, 0.1) is 22.0 Å². The van der Waals surface area contributed by atoms with Gasteiger partial charge < -0.3 is 14.8 Å².